The molecule has 0 aliphatic heterocycles. The van der Waals surface area contributed by atoms with Gasteiger partial charge in [0.1, 0.15) is 6.33 Å². The Morgan fingerprint density at radius 3 is 2.41 bits per heavy atom. The lowest BCUT2D eigenvalue weighted by Crippen LogP contribution is -2.14. The van der Waals surface area contributed by atoms with E-state index < -0.39 is 17.2 Å². The van der Waals surface area contributed by atoms with E-state index in [0.717, 1.165) is 0 Å². The number of hydrogen-bond donors (Lipinski definition) is 0. The SMILES string of the molecule is Cc1ccc(Oc2ccc3c(-c4c(Cl)cccc4Cl)c(=O)ncn3n2)c(F)c1F. The van der Waals surface area contributed by atoms with E-state index in [9.17, 15) is 13.6 Å². The molecule has 0 saturated heterocycles. The highest BCUT2D eigenvalue weighted by Crippen LogP contribution is 2.35. The van der Waals surface area contributed by atoms with Crippen LogP contribution < -0.4 is 10.3 Å². The molecule has 0 N–H and O–H groups in total. The topological polar surface area (TPSA) is 56.5 Å². The highest BCUT2D eigenvalue weighted by Gasteiger charge is 2.18. The third-order valence-corrected chi connectivity index (χ3v) is 4.89. The van der Waals surface area contributed by atoms with E-state index in [2.05, 4.69) is 10.1 Å². The van der Waals surface area contributed by atoms with Gasteiger partial charge in [0, 0.05) is 11.6 Å². The van der Waals surface area contributed by atoms with Crippen molar-refractivity contribution in [2.24, 2.45) is 0 Å². The molecule has 2 heterocycles. The Kier molecular flexibility index (Phi) is 4.94. The van der Waals surface area contributed by atoms with Gasteiger partial charge in [0.25, 0.3) is 5.56 Å². The second kappa shape index (κ2) is 7.42. The number of rotatable bonds is 3. The van der Waals surface area contributed by atoms with Gasteiger partial charge in [-0.15, -0.1) is 5.10 Å². The maximum Gasteiger partial charge on any atom is 0.281 e. The summed E-state index contributed by atoms with van der Waals surface area (Å²) < 4.78 is 34.5. The lowest BCUT2D eigenvalue weighted by atomic mass is 10.1. The van der Waals surface area contributed by atoms with Gasteiger partial charge in [-0.25, -0.2) is 8.91 Å². The summed E-state index contributed by atoms with van der Waals surface area (Å²) in [7, 11) is 0. The molecule has 2 aromatic carbocycles. The fourth-order valence-electron chi connectivity index (χ4n) is 2.83. The monoisotopic (exact) mass is 433 g/mol. The Morgan fingerprint density at radius 2 is 1.69 bits per heavy atom. The van der Waals surface area contributed by atoms with Gasteiger partial charge >= 0.3 is 0 Å². The molecule has 4 rings (SSSR count). The largest absolute Gasteiger partial charge is 0.434 e. The molecule has 146 valence electrons. The summed E-state index contributed by atoms with van der Waals surface area (Å²) in [6.07, 6.45) is 1.19. The summed E-state index contributed by atoms with van der Waals surface area (Å²) in [5, 5.41) is 4.73. The van der Waals surface area contributed by atoms with Crippen LogP contribution in [0.2, 0.25) is 10.0 Å². The van der Waals surface area contributed by atoms with Gasteiger partial charge in [-0.3, -0.25) is 4.79 Å². The zero-order valence-electron chi connectivity index (χ0n) is 14.8. The molecular formula is C20H11Cl2F2N3O2. The fraction of sp³-hybridized carbons (Fsp3) is 0.0500. The molecule has 0 amide bonds. The average Bonchev–Trinajstić information content (AvgIpc) is 2.70. The van der Waals surface area contributed by atoms with E-state index >= 15 is 0 Å². The van der Waals surface area contributed by atoms with Crippen LogP contribution in [0.15, 0.2) is 53.6 Å². The Hall–Kier alpha value is -3.03. The number of hydrogen-bond acceptors (Lipinski definition) is 4. The van der Waals surface area contributed by atoms with E-state index in [1.54, 1.807) is 18.2 Å². The van der Waals surface area contributed by atoms with Crippen molar-refractivity contribution in [1.82, 2.24) is 14.6 Å². The van der Waals surface area contributed by atoms with Gasteiger partial charge in [-0.05, 0) is 36.8 Å². The van der Waals surface area contributed by atoms with Crippen LogP contribution in [-0.2, 0) is 0 Å². The maximum atomic E-state index is 14.1. The van der Waals surface area contributed by atoms with Crippen LogP contribution in [0, 0.1) is 18.6 Å². The molecule has 9 heteroatoms. The third kappa shape index (κ3) is 3.43. The number of aryl methyl sites for hydroxylation is 1. The molecule has 0 spiro atoms. The second-order valence-electron chi connectivity index (χ2n) is 6.13. The fourth-order valence-corrected chi connectivity index (χ4v) is 3.42. The number of nitrogens with zero attached hydrogens (tertiary/aromatic N) is 3. The van der Waals surface area contributed by atoms with Crippen molar-refractivity contribution in [3.05, 3.63) is 86.4 Å². The Labute approximate surface area is 173 Å². The lowest BCUT2D eigenvalue weighted by Gasteiger charge is -2.11. The lowest BCUT2D eigenvalue weighted by molar-refractivity contribution is 0.398. The summed E-state index contributed by atoms with van der Waals surface area (Å²) in [6.45, 7) is 1.44. The number of aromatic nitrogens is 3. The molecule has 0 atom stereocenters. The molecule has 5 nitrogen and oxygen atoms in total. The number of ether oxygens (including phenoxy) is 1. The quantitative estimate of drug-likeness (QED) is 0.431. The number of fused-ring (bicyclic) bond motifs is 1. The van der Waals surface area contributed by atoms with Crippen LogP contribution in [-0.4, -0.2) is 14.6 Å². The van der Waals surface area contributed by atoms with Crippen molar-refractivity contribution in [3.63, 3.8) is 0 Å². The Balaban J connectivity index is 1.84. The van der Waals surface area contributed by atoms with Crippen LogP contribution in [0.25, 0.3) is 16.6 Å². The predicted octanol–water partition coefficient (Wildman–Crippen LogP) is 5.44. The normalized spacial score (nSPS) is 11.1. The van der Waals surface area contributed by atoms with Gasteiger partial charge in [0.15, 0.2) is 11.6 Å². The second-order valence-corrected chi connectivity index (χ2v) is 6.95. The molecule has 0 saturated carbocycles. The van der Waals surface area contributed by atoms with E-state index in [4.69, 9.17) is 27.9 Å². The molecule has 0 aliphatic carbocycles. The van der Waals surface area contributed by atoms with E-state index in [1.165, 1.54) is 42.0 Å². The molecule has 0 unspecified atom stereocenters. The van der Waals surface area contributed by atoms with Crippen LogP contribution >= 0.6 is 23.2 Å². The predicted molar refractivity (Wildman–Crippen MR) is 106 cm³/mol. The van der Waals surface area contributed by atoms with Crippen molar-refractivity contribution in [3.8, 4) is 22.8 Å². The first-order chi connectivity index (χ1) is 13.9. The molecule has 4 aromatic rings. The van der Waals surface area contributed by atoms with Gasteiger partial charge in [0.2, 0.25) is 11.7 Å². The highest BCUT2D eigenvalue weighted by molar-refractivity contribution is 6.39. The van der Waals surface area contributed by atoms with Gasteiger partial charge in [-0.2, -0.15) is 9.37 Å². The van der Waals surface area contributed by atoms with Crippen molar-refractivity contribution in [1.29, 1.82) is 0 Å². The highest BCUT2D eigenvalue weighted by atomic mass is 35.5. The molecule has 29 heavy (non-hydrogen) atoms. The van der Waals surface area contributed by atoms with E-state index in [-0.39, 0.29) is 32.8 Å². The Morgan fingerprint density at radius 1 is 0.966 bits per heavy atom. The maximum absolute atomic E-state index is 14.1. The molecule has 2 aromatic heterocycles. The van der Waals surface area contributed by atoms with Crippen LogP contribution in [0.5, 0.6) is 11.6 Å². The first kappa shape index (κ1) is 19.3. The summed E-state index contributed by atoms with van der Waals surface area (Å²) in [5.41, 5.74) is 0.470. The summed E-state index contributed by atoms with van der Waals surface area (Å²) >= 11 is 12.5. The first-order valence-electron chi connectivity index (χ1n) is 8.32. The molecule has 0 fully saturated rings. The van der Waals surface area contributed by atoms with Gasteiger partial charge in [-0.1, -0.05) is 35.3 Å². The third-order valence-electron chi connectivity index (χ3n) is 4.26. The van der Waals surface area contributed by atoms with Gasteiger partial charge in [0.05, 0.1) is 21.1 Å². The summed E-state index contributed by atoms with van der Waals surface area (Å²) in [6, 6.07) is 10.5. The van der Waals surface area contributed by atoms with Crippen LogP contribution in [0.4, 0.5) is 8.78 Å². The minimum absolute atomic E-state index is 0.0266. The van der Waals surface area contributed by atoms with E-state index in [1.807, 2.05) is 0 Å². The van der Waals surface area contributed by atoms with Crippen LogP contribution in [0.3, 0.4) is 0 Å². The van der Waals surface area contributed by atoms with Crippen molar-refractivity contribution >= 4 is 28.7 Å². The first-order valence-corrected chi connectivity index (χ1v) is 9.08. The van der Waals surface area contributed by atoms with Crippen LogP contribution in [0.1, 0.15) is 5.56 Å². The summed E-state index contributed by atoms with van der Waals surface area (Å²) in [5.74, 6) is -2.46. The zero-order chi connectivity index (χ0) is 20.7. The minimum Gasteiger partial charge on any atom is -0.434 e. The van der Waals surface area contributed by atoms with Gasteiger partial charge < -0.3 is 4.74 Å². The smallest absolute Gasteiger partial charge is 0.281 e. The molecular weight excluding hydrogens is 423 g/mol. The standard InChI is InChI=1S/C20H11Cl2F2N3O2/c1-10-5-7-14(19(24)18(10)23)29-15-8-6-13-17(20(28)25-9-27(13)26-15)16-11(21)3-2-4-12(16)22/h2-9H,1H3. The average molecular weight is 434 g/mol. The van der Waals surface area contributed by atoms with Crippen molar-refractivity contribution < 1.29 is 13.5 Å². The molecule has 0 radical (unpaired) electrons. The molecule has 0 aliphatic rings. The Bertz CT molecular complexity index is 1310. The van der Waals surface area contributed by atoms with Crippen molar-refractivity contribution in [2.45, 2.75) is 6.92 Å². The number of halogens is 4. The van der Waals surface area contributed by atoms with Crippen molar-refractivity contribution in [2.75, 3.05) is 0 Å². The summed E-state index contributed by atoms with van der Waals surface area (Å²) in [4.78, 5) is 16.2. The molecule has 0 bridgehead atoms. The zero-order valence-corrected chi connectivity index (χ0v) is 16.3. The number of benzene rings is 2. The minimum atomic E-state index is -1.12. The van der Waals surface area contributed by atoms with E-state index in [0.29, 0.717) is 11.1 Å².